The van der Waals surface area contributed by atoms with Crippen molar-refractivity contribution in [1.82, 2.24) is 4.98 Å². The Morgan fingerprint density at radius 3 is 2.82 bits per heavy atom. The van der Waals surface area contributed by atoms with Crippen LogP contribution < -0.4 is 0 Å². The fraction of sp³-hybridized carbons (Fsp3) is 0.286. The highest BCUT2D eigenvalue weighted by molar-refractivity contribution is 5.12. The van der Waals surface area contributed by atoms with Crippen molar-refractivity contribution in [3.8, 4) is 0 Å². The van der Waals surface area contributed by atoms with E-state index in [1.165, 1.54) is 6.20 Å². The average Bonchev–Trinajstić information content (AvgIpc) is 2.03. The molecule has 1 rings (SSSR count). The summed E-state index contributed by atoms with van der Waals surface area (Å²) in [6, 6.07) is 1.13. The highest BCUT2D eigenvalue weighted by atomic mass is 19.1. The van der Waals surface area contributed by atoms with Crippen LogP contribution in [0.5, 0.6) is 0 Å². The molecule has 0 aliphatic carbocycles. The molecule has 1 heterocycles. The molecule has 0 saturated carbocycles. The molecule has 1 atom stereocenters. The predicted molar refractivity (Wildman–Crippen MR) is 36.2 cm³/mol. The lowest BCUT2D eigenvalue weighted by atomic mass is 10.2. The van der Waals surface area contributed by atoms with Gasteiger partial charge >= 0.3 is 0 Å². The van der Waals surface area contributed by atoms with Crippen molar-refractivity contribution < 1.29 is 14.6 Å². The number of hydrogen-bond acceptors (Lipinski definition) is 3. The molecule has 3 nitrogen and oxygen atoms in total. The van der Waals surface area contributed by atoms with Gasteiger partial charge in [0.15, 0.2) is 0 Å². The quantitative estimate of drug-likeness (QED) is 0.646. The number of halogens is 1. The van der Waals surface area contributed by atoms with Gasteiger partial charge in [-0.1, -0.05) is 0 Å². The lowest BCUT2D eigenvalue weighted by Gasteiger charge is -2.05. The Bertz CT molecular complexity index is 242. The van der Waals surface area contributed by atoms with Gasteiger partial charge in [-0.2, -0.15) is 0 Å². The van der Waals surface area contributed by atoms with Gasteiger partial charge in [0.25, 0.3) is 0 Å². The molecule has 4 heteroatoms. The molecule has 0 radical (unpaired) electrons. The first-order valence-electron chi connectivity index (χ1n) is 3.13. The summed E-state index contributed by atoms with van der Waals surface area (Å²) in [5, 5.41) is 17.5. The van der Waals surface area contributed by atoms with E-state index in [9.17, 15) is 4.39 Å². The molecule has 0 spiro atoms. The van der Waals surface area contributed by atoms with Crippen LogP contribution in [0.4, 0.5) is 4.39 Å². The maximum absolute atomic E-state index is 12.4. The van der Waals surface area contributed by atoms with Gasteiger partial charge in [-0.25, -0.2) is 4.39 Å². The fourth-order valence-electron chi connectivity index (χ4n) is 0.716. The van der Waals surface area contributed by atoms with Crippen LogP contribution in [0.1, 0.15) is 11.7 Å². The number of aromatic nitrogens is 1. The van der Waals surface area contributed by atoms with Crippen LogP contribution in [0.25, 0.3) is 0 Å². The summed E-state index contributed by atoms with van der Waals surface area (Å²) in [4.78, 5) is 3.51. The Hall–Kier alpha value is -1.00. The minimum Gasteiger partial charge on any atom is -0.393 e. The molecule has 1 unspecified atom stereocenters. The number of nitrogens with zero attached hydrogens (tertiary/aromatic N) is 1. The van der Waals surface area contributed by atoms with E-state index >= 15 is 0 Å². The Morgan fingerprint density at radius 1 is 1.55 bits per heavy atom. The molecule has 0 amide bonds. The highest BCUT2D eigenvalue weighted by Crippen LogP contribution is 2.10. The first-order chi connectivity index (χ1) is 5.24. The first kappa shape index (κ1) is 8.10. The summed E-state index contributed by atoms with van der Waals surface area (Å²) in [6.07, 6.45) is 1.30. The van der Waals surface area contributed by atoms with Crippen molar-refractivity contribution >= 4 is 0 Å². The van der Waals surface area contributed by atoms with Crippen LogP contribution in [0.2, 0.25) is 0 Å². The second-order valence-electron chi connectivity index (χ2n) is 2.13. The molecule has 0 fully saturated rings. The normalized spacial score (nSPS) is 13.0. The van der Waals surface area contributed by atoms with Gasteiger partial charge in [-0.3, -0.25) is 4.98 Å². The second kappa shape index (κ2) is 3.41. The van der Waals surface area contributed by atoms with Gasteiger partial charge in [-0.15, -0.1) is 0 Å². The van der Waals surface area contributed by atoms with Crippen molar-refractivity contribution in [2.75, 3.05) is 6.61 Å². The standard InChI is InChI=1S/C7H8FNO2/c8-6-1-5(2-9-3-6)7(11)4-10/h1-3,7,10-11H,4H2. The fourth-order valence-corrected chi connectivity index (χ4v) is 0.716. The van der Waals surface area contributed by atoms with E-state index < -0.39 is 18.5 Å². The van der Waals surface area contributed by atoms with E-state index in [4.69, 9.17) is 10.2 Å². The van der Waals surface area contributed by atoms with Crippen LogP contribution in [0.15, 0.2) is 18.5 Å². The molecule has 1 aromatic heterocycles. The van der Waals surface area contributed by atoms with E-state index in [1.54, 1.807) is 0 Å². The molecule has 1 aromatic rings. The third-order valence-electron chi connectivity index (χ3n) is 1.28. The molecule has 60 valence electrons. The molecule has 0 aliphatic heterocycles. The zero-order valence-electron chi connectivity index (χ0n) is 5.74. The number of hydrogen-bond donors (Lipinski definition) is 2. The molecule has 0 bridgehead atoms. The molecule has 11 heavy (non-hydrogen) atoms. The van der Waals surface area contributed by atoms with Crippen LogP contribution in [-0.4, -0.2) is 21.8 Å². The maximum atomic E-state index is 12.4. The van der Waals surface area contributed by atoms with Crippen molar-refractivity contribution in [3.05, 3.63) is 29.8 Å². The molecule has 2 N–H and O–H groups in total. The third-order valence-corrected chi connectivity index (χ3v) is 1.28. The van der Waals surface area contributed by atoms with Crippen LogP contribution in [0, 0.1) is 5.82 Å². The Kier molecular flexibility index (Phi) is 2.51. The summed E-state index contributed by atoms with van der Waals surface area (Å²) >= 11 is 0. The van der Waals surface area contributed by atoms with Gasteiger partial charge in [0.2, 0.25) is 0 Å². The molecular formula is C7H8FNO2. The van der Waals surface area contributed by atoms with E-state index in [0.717, 1.165) is 12.3 Å². The zero-order valence-corrected chi connectivity index (χ0v) is 5.74. The number of aliphatic hydroxyl groups excluding tert-OH is 2. The summed E-state index contributed by atoms with van der Waals surface area (Å²) < 4.78 is 12.4. The van der Waals surface area contributed by atoms with Crippen molar-refractivity contribution in [3.63, 3.8) is 0 Å². The van der Waals surface area contributed by atoms with E-state index in [1.807, 2.05) is 0 Å². The number of rotatable bonds is 2. The lowest BCUT2D eigenvalue weighted by molar-refractivity contribution is 0.0951. The zero-order chi connectivity index (χ0) is 8.27. The second-order valence-corrected chi connectivity index (χ2v) is 2.13. The third kappa shape index (κ3) is 1.96. The van der Waals surface area contributed by atoms with E-state index in [-0.39, 0.29) is 5.56 Å². The summed E-state index contributed by atoms with van der Waals surface area (Å²) in [7, 11) is 0. The van der Waals surface area contributed by atoms with Gasteiger partial charge in [0.05, 0.1) is 12.8 Å². The van der Waals surface area contributed by atoms with Crippen LogP contribution >= 0.6 is 0 Å². The van der Waals surface area contributed by atoms with Gasteiger partial charge in [0.1, 0.15) is 11.9 Å². The van der Waals surface area contributed by atoms with Crippen molar-refractivity contribution in [1.29, 1.82) is 0 Å². The Morgan fingerprint density at radius 2 is 2.27 bits per heavy atom. The number of aliphatic hydroxyl groups is 2. The van der Waals surface area contributed by atoms with Crippen LogP contribution in [0.3, 0.4) is 0 Å². The Balaban J connectivity index is 2.86. The lowest BCUT2D eigenvalue weighted by Crippen LogP contribution is -2.03. The highest BCUT2D eigenvalue weighted by Gasteiger charge is 2.05. The van der Waals surface area contributed by atoms with Gasteiger partial charge < -0.3 is 10.2 Å². The van der Waals surface area contributed by atoms with E-state index in [0.29, 0.717) is 0 Å². The van der Waals surface area contributed by atoms with E-state index in [2.05, 4.69) is 4.98 Å². The SMILES string of the molecule is OCC(O)c1cncc(F)c1. The summed E-state index contributed by atoms with van der Waals surface area (Å²) in [6.45, 7) is -0.425. The van der Waals surface area contributed by atoms with Crippen molar-refractivity contribution in [2.24, 2.45) is 0 Å². The van der Waals surface area contributed by atoms with Crippen LogP contribution in [-0.2, 0) is 0 Å². The predicted octanol–water partition coefficient (Wildman–Crippen LogP) is 0.246. The average molecular weight is 157 g/mol. The molecule has 0 aromatic carbocycles. The molecule has 0 saturated heterocycles. The largest absolute Gasteiger partial charge is 0.393 e. The molecule has 0 aliphatic rings. The van der Waals surface area contributed by atoms with Crippen molar-refractivity contribution in [2.45, 2.75) is 6.10 Å². The van der Waals surface area contributed by atoms with Gasteiger partial charge in [-0.05, 0) is 6.07 Å². The summed E-state index contributed by atoms with van der Waals surface area (Å²) in [5.74, 6) is -0.519. The summed E-state index contributed by atoms with van der Waals surface area (Å²) in [5.41, 5.74) is 0.285. The smallest absolute Gasteiger partial charge is 0.141 e. The monoisotopic (exact) mass is 157 g/mol. The topological polar surface area (TPSA) is 53.4 Å². The molecular weight excluding hydrogens is 149 g/mol. The first-order valence-corrected chi connectivity index (χ1v) is 3.13. The van der Waals surface area contributed by atoms with Gasteiger partial charge in [0, 0.05) is 11.8 Å². The maximum Gasteiger partial charge on any atom is 0.141 e. The minimum atomic E-state index is -1.04. The Labute approximate surface area is 63.1 Å². The minimum absolute atomic E-state index is 0.285. The number of pyridine rings is 1.